The summed E-state index contributed by atoms with van der Waals surface area (Å²) >= 11 is 0. The zero-order valence-electron chi connectivity index (χ0n) is 44.3. The molecule has 3 atom stereocenters. The molecule has 1 amide bonds. The maximum atomic E-state index is 13.0. The summed E-state index contributed by atoms with van der Waals surface area (Å²) in [5.74, 6) is -0.205. The zero-order chi connectivity index (χ0) is 49.2. The van der Waals surface area contributed by atoms with Gasteiger partial charge in [0.15, 0.2) is 0 Å². The Kier molecular flexibility index (Phi) is 47.4. The fourth-order valence-corrected chi connectivity index (χ4v) is 8.55. The predicted octanol–water partition coefficient (Wildman–Crippen LogP) is 16.1. The van der Waals surface area contributed by atoms with Crippen molar-refractivity contribution in [2.45, 2.75) is 251 Å². The zero-order valence-corrected chi connectivity index (χ0v) is 45.2. The second kappa shape index (κ2) is 48.9. The molecule has 0 bridgehead atoms. The molecule has 0 spiro atoms. The number of aliphatic hydroxyl groups excluding tert-OH is 1. The van der Waals surface area contributed by atoms with Gasteiger partial charge in [0.25, 0.3) is 7.82 Å². The second-order valence-corrected chi connectivity index (χ2v) is 21.3. The van der Waals surface area contributed by atoms with Crippen LogP contribution in [0.4, 0.5) is 0 Å². The number of carbonyl (C=O) groups excluding carboxylic acids is 1. The monoisotopic (exact) mass is 959 g/mol. The standard InChI is InChI=1S/C58H107N2O6P/c1-6-8-10-12-14-16-18-20-22-24-26-28-29-30-31-32-34-36-38-40-42-44-46-48-50-52-58(62)59-56(55-66-67(63,64)65-54-53-60(3,4)5)57(61)51-49-47-45-43-41-39-37-35-33-27-25-23-21-19-17-15-13-11-9-7-2/h8,10,14,16,20,22,26,28,30-31,49,51,56-57,61H,6-7,9,11-13,15,17-19,21,23-25,27,29,32-48,50,52-55H2,1-5H3,(H-,59,62,63,64)/b10-8-,16-14-,22-20-,28-26-,31-30-,51-49+. The maximum absolute atomic E-state index is 13.0. The number of rotatable bonds is 50. The quantitative estimate of drug-likeness (QED) is 0.0272. The molecule has 390 valence electrons. The van der Waals surface area contributed by atoms with Crippen LogP contribution in [-0.4, -0.2) is 68.5 Å². The molecule has 0 aliphatic heterocycles. The summed E-state index contributed by atoms with van der Waals surface area (Å²) in [6.07, 6.45) is 66.7. The van der Waals surface area contributed by atoms with E-state index in [4.69, 9.17) is 9.05 Å². The second-order valence-electron chi connectivity index (χ2n) is 19.9. The Morgan fingerprint density at radius 3 is 1.33 bits per heavy atom. The van der Waals surface area contributed by atoms with Crippen LogP contribution in [0.2, 0.25) is 0 Å². The van der Waals surface area contributed by atoms with Gasteiger partial charge in [-0.1, -0.05) is 241 Å². The molecule has 0 aliphatic carbocycles. The molecule has 0 aliphatic rings. The third-order valence-corrected chi connectivity index (χ3v) is 13.1. The molecule has 8 nitrogen and oxygen atoms in total. The van der Waals surface area contributed by atoms with Crippen molar-refractivity contribution in [1.82, 2.24) is 5.32 Å². The normalized spacial score (nSPS) is 14.6. The van der Waals surface area contributed by atoms with Gasteiger partial charge >= 0.3 is 0 Å². The van der Waals surface area contributed by atoms with Gasteiger partial charge in [-0.15, -0.1) is 0 Å². The summed E-state index contributed by atoms with van der Waals surface area (Å²) in [6.45, 7) is 4.54. The highest BCUT2D eigenvalue weighted by molar-refractivity contribution is 7.45. The summed E-state index contributed by atoms with van der Waals surface area (Å²) in [5.41, 5.74) is 0. The van der Waals surface area contributed by atoms with Crippen LogP contribution >= 0.6 is 7.82 Å². The van der Waals surface area contributed by atoms with E-state index in [0.717, 1.165) is 77.0 Å². The van der Waals surface area contributed by atoms with Gasteiger partial charge in [-0.25, -0.2) is 0 Å². The number of hydrogen-bond donors (Lipinski definition) is 2. The van der Waals surface area contributed by atoms with Crippen LogP contribution in [0, 0.1) is 0 Å². The Bertz CT molecular complexity index is 1320. The van der Waals surface area contributed by atoms with E-state index in [9.17, 15) is 19.4 Å². The van der Waals surface area contributed by atoms with E-state index in [1.807, 2.05) is 27.2 Å². The highest BCUT2D eigenvalue weighted by atomic mass is 31.2. The number of quaternary nitrogens is 1. The van der Waals surface area contributed by atoms with Crippen molar-refractivity contribution < 1.29 is 32.9 Å². The van der Waals surface area contributed by atoms with E-state index in [2.05, 4.69) is 79.9 Å². The van der Waals surface area contributed by atoms with E-state index in [-0.39, 0.29) is 19.1 Å². The molecule has 9 heteroatoms. The van der Waals surface area contributed by atoms with Crippen LogP contribution < -0.4 is 10.2 Å². The predicted molar refractivity (Wildman–Crippen MR) is 288 cm³/mol. The maximum Gasteiger partial charge on any atom is 0.268 e. The lowest BCUT2D eigenvalue weighted by atomic mass is 10.0. The molecular formula is C58H107N2O6P. The topological polar surface area (TPSA) is 108 Å². The van der Waals surface area contributed by atoms with Gasteiger partial charge in [0.1, 0.15) is 13.2 Å². The average molecular weight is 959 g/mol. The number of unbranched alkanes of at least 4 members (excludes halogenated alkanes) is 27. The van der Waals surface area contributed by atoms with Gasteiger partial charge in [-0.2, -0.15) is 0 Å². The lowest BCUT2D eigenvalue weighted by Gasteiger charge is -2.29. The highest BCUT2D eigenvalue weighted by Crippen LogP contribution is 2.38. The Morgan fingerprint density at radius 1 is 0.537 bits per heavy atom. The van der Waals surface area contributed by atoms with Crippen molar-refractivity contribution in [3.8, 4) is 0 Å². The first kappa shape index (κ1) is 64.9. The Labute approximate surface area is 414 Å². The molecule has 0 aromatic heterocycles. The fraction of sp³-hybridized carbons (Fsp3) is 0.776. The summed E-state index contributed by atoms with van der Waals surface area (Å²) in [4.78, 5) is 25.5. The smallest absolute Gasteiger partial charge is 0.268 e. The van der Waals surface area contributed by atoms with Gasteiger partial charge in [0.2, 0.25) is 5.91 Å². The number of hydrogen-bond acceptors (Lipinski definition) is 6. The summed E-state index contributed by atoms with van der Waals surface area (Å²) < 4.78 is 23.3. The van der Waals surface area contributed by atoms with Gasteiger partial charge < -0.3 is 28.8 Å². The van der Waals surface area contributed by atoms with E-state index >= 15 is 0 Å². The number of allylic oxidation sites excluding steroid dienone is 11. The Balaban J connectivity index is 4.27. The minimum Gasteiger partial charge on any atom is -0.756 e. The van der Waals surface area contributed by atoms with E-state index in [1.54, 1.807) is 6.08 Å². The molecule has 0 aromatic rings. The molecule has 67 heavy (non-hydrogen) atoms. The minimum absolute atomic E-state index is 0.00499. The van der Waals surface area contributed by atoms with Gasteiger partial charge in [0.05, 0.1) is 39.9 Å². The van der Waals surface area contributed by atoms with Gasteiger partial charge in [-0.3, -0.25) is 9.36 Å². The fourth-order valence-electron chi connectivity index (χ4n) is 7.83. The number of carbonyl (C=O) groups is 1. The molecule has 0 radical (unpaired) electrons. The van der Waals surface area contributed by atoms with Crippen LogP contribution in [0.25, 0.3) is 0 Å². The van der Waals surface area contributed by atoms with Crippen molar-refractivity contribution >= 4 is 13.7 Å². The summed E-state index contributed by atoms with van der Waals surface area (Å²) in [5, 5.41) is 13.9. The van der Waals surface area contributed by atoms with Crippen molar-refractivity contribution in [1.29, 1.82) is 0 Å². The lowest BCUT2D eigenvalue weighted by molar-refractivity contribution is -0.870. The molecule has 0 rings (SSSR count). The van der Waals surface area contributed by atoms with Crippen LogP contribution in [0.1, 0.15) is 239 Å². The number of nitrogens with one attached hydrogen (secondary N) is 1. The van der Waals surface area contributed by atoms with Crippen LogP contribution in [0.3, 0.4) is 0 Å². The average Bonchev–Trinajstić information content (AvgIpc) is 3.29. The molecule has 0 fully saturated rings. The Morgan fingerprint density at radius 2 is 0.910 bits per heavy atom. The van der Waals surface area contributed by atoms with Crippen molar-refractivity contribution in [3.63, 3.8) is 0 Å². The molecule has 0 saturated heterocycles. The summed E-state index contributed by atoms with van der Waals surface area (Å²) in [6, 6.07) is -0.894. The number of likely N-dealkylation sites (N-methyl/N-ethyl adjacent to an activating group) is 1. The number of aliphatic hydroxyl groups is 1. The number of phosphoric acid groups is 1. The first-order chi connectivity index (χ1) is 32.5. The van der Waals surface area contributed by atoms with Crippen LogP contribution in [0.15, 0.2) is 72.9 Å². The van der Waals surface area contributed by atoms with Crippen LogP contribution in [0.5, 0.6) is 0 Å². The van der Waals surface area contributed by atoms with Crippen molar-refractivity contribution in [2.24, 2.45) is 0 Å². The first-order valence-corrected chi connectivity index (χ1v) is 29.3. The van der Waals surface area contributed by atoms with Gasteiger partial charge in [-0.05, 0) is 64.2 Å². The van der Waals surface area contributed by atoms with E-state index < -0.39 is 20.0 Å². The number of amides is 1. The lowest BCUT2D eigenvalue weighted by Crippen LogP contribution is -2.45. The third-order valence-electron chi connectivity index (χ3n) is 12.2. The van der Waals surface area contributed by atoms with Crippen LogP contribution in [-0.2, 0) is 18.4 Å². The third kappa shape index (κ3) is 51.6. The Hall–Kier alpha value is -2.06. The van der Waals surface area contributed by atoms with Gasteiger partial charge in [0, 0.05) is 6.42 Å². The minimum atomic E-state index is -4.60. The SMILES string of the molecule is CC/C=C\C/C=C\C/C=C\C/C=C\C/C=C\CCCCCCCCCCCC(=O)NC(COP(=O)([O-])OCC[N+](C)(C)C)C(O)/C=C/CCCCCCCCCCCCCCCCCCCC. The summed E-state index contributed by atoms with van der Waals surface area (Å²) in [7, 11) is 1.25. The molecule has 0 aromatic carbocycles. The first-order valence-electron chi connectivity index (χ1n) is 27.8. The molecular weight excluding hydrogens is 852 g/mol. The van der Waals surface area contributed by atoms with E-state index in [0.29, 0.717) is 17.4 Å². The number of phosphoric ester groups is 1. The number of nitrogens with zero attached hydrogens (tertiary/aromatic N) is 1. The van der Waals surface area contributed by atoms with Crippen molar-refractivity contribution in [2.75, 3.05) is 40.9 Å². The highest BCUT2D eigenvalue weighted by Gasteiger charge is 2.23. The molecule has 3 unspecified atom stereocenters. The molecule has 0 heterocycles. The largest absolute Gasteiger partial charge is 0.756 e. The van der Waals surface area contributed by atoms with Crippen molar-refractivity contribution in [3.05, 3.63) is 72.9 Å². The molecule has 2 N–H and O–H groups in total. The van der Waals surface area contributed by atoms with E-state index in [1.165, 1.54) is 141 Å². The molecule has 0 saturated carbocycles.